The molecule has 176 valence electrons. The summed E-state index contributed by atoms with van der Waals surface area (Å²) in [7, 11) is 1.81. The fraction of sp³-hybridized carbons (Fsp3) is 0.214. The minimum Gasteiger partial charge on any atom is -0.457 e. The Morgan fingerprint density at radius 2 is 1.74 bits per heavy atom. The van der Waals surface area contributed by atoms with Gasteiger partial charge in [-0.05, 0) is 61.0 Å². The highest BCUT2D eigenvalue weighted by Gasteiger charge is 2.10. The zero-order valence-corrected chi connectivity index (χ0v) is 19.8. The number of rotatable bonds is 8. The van der Waals surface area contributed by atoms with Gasteiger partial charge in [-0.15, -0.1) is 0 Å². The van der Waals surface area contributed by atoms with Crippen LogP contribution in [0.25, 0.3) is 22.2 Å². The largest absolute Gasteiger partial charge is 0.457 e. The number of H-pyrrole nitrogens is 1. The monoisotopic (exact) mass is 456 g/mol. The SMILES string of the molecule is C=CC(=O)N(C)CCCCC.Nc1cccc2[nH]nc(-c3ccc(Oc4ccccc4)cc3)c12. The number of para-hydroxylation sites is 1. The van der Waals surface area contributed by atoms with Gasteiger partial charge in [-0.2, -0.15) is 5.10 Å². The molecule has 0 aliphatic heterocycles. The number of fused-ring (bicyclic) bond motifs is 1. The van der Waals surface area contributed by atoms with Crippen molar-refractivity contribution in [1.82, 2.24) is 15.1 Å². The van der Waals surface area contributed by atoms with E-state index in [1.54, 1.807) is 11.9 Å². The quantitative estimate of drug-likeness (QED) is 0.182. The summed E-state index contributed by atoms with van der Waals surface area (Å²) >= 11 is 0. The van der Waals surface area contributed by atoms with Crippen LogP contribution in [0.1, 0.15) is 26.2 Å². The molecule has 1 aromatic heterocycles. The predicted molar refractivity (Wildman–Crippen MR) is 140 cm³/mol. The molecule has 0 fully saturated rings. The van der Waals surface area contributed by atoms with Crippen LogP contribution >= 0.6 is 0 Å². The van der Waals surface area contributed by atoms with Crippen LogP contribution in [0.4, 0.5) is 5.69 Å². The first-order valence-electron chi connectivity index (χ1n) is 11.5. The summed E-state index contributed by atoms with van der Waals surface area (Å²) < 4.78 is 5.81. The molecule has 3 aromatic carbocycles. The zero-order chi connectivity index (χ0) is 24.3. The van der Waals surface area contributed by atoms with Gasteiger partial charge in [-0.3, -0.25) is 9.89 Å². The van der Waals surface area contributed by atoms with Crippen LogP contribution in [0, 0.1) is 0 Å². The number of anilines is 1. The lowest BCUT2D eigenvalue weighted by Crippen LogP contribution is -2.25. The molecule has 0 unspecified atom stereocenters. The van der Waals surface area contributed by atoms with E-state index in [4.69, 9.17) is 10.5 Å². The summed E-state index contributed by atoms with van der Waals surface area (Å²) in [6.45, 7) is 6.41. The molecular weight excluding hydrogens is 424 g/mol. The second kappa shape index (κ2) is 12.3. The highest BCUT2D eigenvalue weighted by atomic mass is 16.5. The van der Waals surface area contributed by atoms with Crippen LogP contribution < -0.4 is 10.5 Å². The third-order valence-corrected chi connectivity index (χ3v) is 5.38. The van der Waals surface area contributed by atoms with Crippen molar-refractivity contribution < 1.29 is 9.53 Å². The number of hydrogen-bond acceptors (Lipinski definition) is 4. The van der Waals surface area contributed by atoms with Crippen LogP contribution in [0.15, 0.2) is 85.5 Å². The molecule has 0 bridgehead atoms. The molecule has 0 saturated heterocycles. The number of nitrogens with two attached hydrogens (primary N) is 1. The highest BCUT2D eigenvalue weighted by molar-refractivity contribution is 6.01. The summed E-state index contributed by atoms with van der Waals surface area (Å²) in [6.07, 6.45) is 4.82. The van der Waals surface area contributed by atoms with Crippen molar-refractivity contribution in [2.24, 2.45) is 0 Å². The molecule has 34 heavy (non-hydrogen) atoms. The van der Waals surface area contributed by atoms with Crippen LogP contribution in [0.2, 0.25) is 0 Å². The Bertz CT molecular complexity index is 1200. The Morgan fingerprint density at radius 3 is 2.41 bits per heavy atom. The van der Waals surface area contributed by atoms with Gasteiger partial charge in [0.05, 0.1) is 10.9 Å². The number of unbranched alkanes of at least 4 members (excludes halogenated alkanes) is 2. The van der Waals surface area contributed by atoms with Crippen molar-refractivity contribution >= 4 is 22.5 Å². The smallest absolute Gasteiger partial charge is 0.245 e. The van der Waals surface area contributed by atoms with Gasteiger partial charge in [0.2, 0.25) is 5.91 Å². The number of hydrogen-bond donors (Lipinski definition) is 2. The Hall–Kier alpha value is -4.06. The number of carbonyl (C=O) groups is 1. The maximum Gasteiger partial charge on any atom is 0.245 e. The number of nitrogen functional groups attached to an aromatic ring is 1. The molecule has 6 nitrogen and oxygen atoms in total. The van der Waals surface area contributed by atoms with Gasteiger partial charge in [0.15, 0.2) is 0 Å². The molecule has 0 aliphatic carbocycles. The van der Waals surface area contributed by atoms with Crippen LogP contribution in [0.5, 0.6) is 11.5 Å². The van der Waals surface area contributed by atoms with Gasteiger partial charge in [-0.25, -0.2) is 0 Å². The van der Waals surface area contributed by atoms with Crippen molar-refractivity contribution in [2.45, 2.75) is 26.2 Å². The van der Waals surface area contributed by atoms with E-state index in [0.717, 1.165) is 52.3 Å². The van der Waals surface area contributed by atoms with Crippen molar-refractivity contribution in [1.29, 1.82) is 0 Å². The summed E-state index contributed by atoms with van der Waals surface area (Å²) in [5.41, 5.74) is 9.59. The number of carbonyl (C=O) groups excluding carboxylic acids is 1. The Labute approximate surface area is 201 Å². The van der Waals surface area contributed by atoms with Gasteiger partial charge in [-0.1, -0.05) is 50.6 Å². The van der Waals surface area contributed by atoms with Crippen LogP contribution in [-0.4, -0.2) is 34.6 Å². The minimum atomic E-state index is 0.0149. The van der Waals surface area contributed by atoms with E-state index >= 15 is 0 Å². The van der Waals surface area contributed by atoms with Gasteiger partial charge >= 0.3 is 0 Å². The predicted octanol–water partition coefficient (Wildman–Crippen LogP) is 6.43. The van der Waals surface area contributed by atoms with E-state index in [1.165, 1.54) is 18.9 Å². The fourth-order valence-corrected chi connectivity index (χ4v) is 3.48. The average Bonchev–Trinajstić information content (AvgIpc) is 3.31. The van der Waals surface area contributed by atoms with Crippen LogP contribution in [0.3, 0.4) is 0 Å². The lowest BCUT2D eigenvalue weighted by atomic mass is 10.1. The van der Waals surface area contributed by atoms with Crippen LogP contribution in [-0.2, 0) is 4.79 Å². The van der Waals surface area contributed by atoms with Crippen molar-refractivity contribution in [3.05, 3.63) is 85.5 Å². The van der Waals surface area contributed by atoms with Gasteiger partial charge in [0.1, 0.15) is 17.2 Å². The molecule has 4 aromatic rings. The van der Waals surface area contributed by atoms with E-state index in [0.29, 0.717) is 0 Å². The summed E-state index contributed by atoms with van der Waals surface area (Å²) in [6, 6.07) is 23.3. The first-order valence-corrected chi connectivity index (χ1v) is 11.5. The second-order valence-electron chi connectivity index (χ2n) is 7.95. The maximum absolute atomic E-state index is 10.9. The normalized spacial score (nSPS) is 10.3. The van der Waals surface area contributed by atoms with E-state index in [-0.39, 0.29) is 5.91 Å². The molecule has 0 atom stereocenters. The number of amides is 1. The summed E-state index contributed by atoms with van der Waals surface area (Å²) in [5.74, 6) is 1.61. The summed E-state index contributed by atoms with van der Waals surface area (Å²) in [4.78, 5) is 12.6. The topological polar surface area (TPSA) is 84.2 Å². The first kappa shape index (κ1) is 24.6. The number of nitrogens with zero attached hydrogens (tertiary/aromatic N) is 2. The molecule has 3 N–H and O–H groups in total. The number of ether oxygens (including phenoxy) is 1. The van der Waals surface area contributed by atoms with Gasteiger partial charge in [0, 0.05) is 24.8 Å². The minimum absolute atomic E-state index is 0.0149. The first-order chi connectivity index (χ1) is 16.5. The molecule has 0 aliphatic rings. The third-order valence-electron chi connectivity index (χ3n) is 5.38. The number of likely N-dealkylation sites (N-methyl/N-ethyl adjacent to an activating group) is 1. The lowest BCUT2D eigenvalue weighted by Gasteiger charge is -2.13. The van der Waals surface area contributed by atoms with Crippen molar-refractivity contribution in [3.8, 4) is 22.8 Å². The molecule has 4 rings (SSSR count). The number of nitrogens with one attached hydrogen (secondary N) is 1. The molecule has 1 amide bonds. The second-order valence-corrected chi connectivity index (χ2v) is 7.95. The number of benzene rings is 3. The highest BCUT2D eigenvalue weighted by Crippen LogP contribution is 2.32. The molecular formula is C28H32N4O2. The van der Waals surface area contributed by atoms with E-state index in [2.05, 4.69) is 23.7 Å². The van der Waals surface area contributed by atoms with E-state index in [9.17, 15) is 4.79 Å². The van der Waals surface area contributed by atoms with Crippen molar-refractivity contribution in [3.63, 3.8) is 0 Å². The molecule has 1 heterocycles. The number of aromatic amines is 1. The standard InChI is InChI=1S/C19H15N3O.C9H17NO/c20-16-7-4-8-17-18(16)19(22-21-17)13-9-11-15(12-10-13)23-14-5-2-1-3-6-14;1-4-6-7-8-10(3)9(11)5-2/h1-12H,20H2,(H,21,22);5H,2,4,6-8H2,1,3H3. The van der Waals surface area contributed by atoms with Crippen molar-refractivity contribution in [2.75, 3.05) is 19.3 Å². The van der Waals surface area contributed by atoms with Gasteiger partial charge < -0.3 is 15.4 Å². The van der Waals surface area contributed by atoms with E-state index < -0.39 is 0 Å². The Kier molecular flexibility index (Phi) is 8.86. The average molecular weight is 457 g/mol. The molecule has 0 radical (unpaired) electrons. The number of aromatic nitrogens is 2. The molecule has 0 spiro atoms. The Morgan fingerprint density at radius 1 is 1.03 bits per heavy atom. The molecule has 6 heteroatoms. The molecule has 0 saturated carbocycles. The Balaban J connectivity index is 0.000000252. The lowest BCUT2D eigenvalue weighted by molar-refractivity contribution is -0.124. The van der Waals surface area contributed by atoms with Gasteiger partial charge in [0.25, 0.3) is 0 Å². The fourth-order valence-electron chi connectivity index (χ4n) is 3.48. The third kappa shape index (κ3) is 6.48. The zero-order valence-electron chi connectivity index (χ0n) is 19.8. The maximum atomic E-state index is 10.9. The summed E-state index contributed by atoms with van der Waals surface area (Å²) in [5, 5.41) is 8.36. The van der Waals surface area contributed by atoms with E-state index in [1.807, 2.05) is 72.8 Å².